The number of rotatable bonds is 5. The Morgan fingerprint density at radius 1 is 1.47 bits per heavy atom. The highest BCUT2D eigenvalue weighted by atomic mass is 35.5. The Bertz CT molecular complexity index is 595. The molecule has 100 valence electrons. The van der Waals surface area contributed by atoms with Crippen LogP contribution in [0.1, 0.15) is 11.4 Å². The van der Waals surface area contributed by atoms with Gasteiger partial charge < -0.3 is 14.4 Å². The number of halogens is 1. The van der Waals surface area contributed by atoms with E-state index in [9.17, 15) is 4.79 Å². The summed E-state index contributed by atoms with van der Waals surface area (Å²) in [6, 6.07) is 7.05. The van der Waals surface area contributed by atoms with Crippen LogP contribution in [0.25, 0.3) is 0 Å². The molecule has 0 aliphatic heterocycles. The van der Waals surface area contributed by atoms with E-state index >= 15 is 0 Å². The summed E-state index contributed by atoms with van der Waals surface area (Å²) in [5.41, 5.74) is 0.635. The zero-order chi connectivity index (χ0) is 13.8. The third-order valence-corrected chi connectivity index (χ3v) is 3.05. The van der Waals surface area contributed by atoms with Gasteiger partial charge in [-0.25, -0.2) is 4.98 Å². The number of aromatic nitrogens is 2. The van der Waals surface area contributed by atoms with Crippen molar-refractivity contribution in [2.45, 2.75) is 13.0 Å². The van der Waals surface area contributed by atoms with Crippen molar-refractivity contribution in [2.24, 2.45) is 7.05 Å². The molecule has 1 aromatic carbocycles. The second-order valence-electron chi connectivity index (χ2n) is 4.02. The fourth-order valence-corrected chi connectivity index (χ4v) is 1.80. The average Bonchev–Trinajstić information content (AvgIpc) is 2.68. The molecule has 0 unspecified atom stereocenters. The molecule has 0 aliphatic rings. The smallest absolute Gasteiger partial charge is 0.307 e. The Morgan fingerprint density at radius 2 is 2.21 bits per heavy atom. The van der Waals surface area contributed by atoms with Gasteiger partial charge in [0.1, 0.15) is 23.3 Å². The van der Waals surface area contributed by atoms with Crippen LogP contribution in [0.5, 0.6) is 5.75 Å². The molecular formula is C13H13ClN2O3. The molecule has 0 saturated heterocycles. The molecule has 2 aromatic rings. The van der Waals surface area contributed by atoms with Gasteiger partial charge in [0.15, 0.2) is 0 Å². The van der Waals surface area contributed by atoms with Crippen molar-refractivity contribution in [3.63, 3.8) is 0 Å². The first-order chi connectivity index (χ1) is 9.08. The lowest BCUT2D eigenvalue weighted by molar-refractivity contribution is -0.136. The third kappa shape index (κ3) is 3.26. The van der Waals surface area contributed by atoms with Crippen LogP contribution in [0.3, 0.4) is 0 Å². The van der Waals surface area contributed by atoms with Gasteiger partial charge in [0.25, 0.3) is 0 Å². The van der Waals surface area contributed by atoms with Crippen molar-refractivity contribution >= 4 is 17.6 Å². The van der Waals surface area contributed by atoms with E-state index < -0.39 is 5.97 Å². The molecule has 0 radical (unpaired) electrons. The first-order valence-electron chi connectivity index (χ1n) is 5.66. The fraction of sp³-hybridized carbons (Fsp3) is 0.231. The summed E-state index contributed by atoms with van der Waals surface area (Å²) >= 11 is 5.88. The summed E-state index contributed by atoms with van der Waals surface area (Å²) in [6.45, 7) is 0.236. The second-order valence-corrected chi connectivity index (χ2v) is 4.41. The molecule has 0 saturated carbocycles. The van der Waals surface area contributed by atoms with Crippen LogP contribution < -0.4 is 4.74 Å². The van der Waals surface area contributed by atoms with Gasteiger partial charge in [-0.2, -0.15) is 0 Å². The van der Waals surface area contributed by atoms with Gasteiger partial charge in [-0.15, -0.1) is 0 Å². The summed E-state index contributed by atoms with van der Waals surface area (Å²) in [4.78, 5) is 14.9. The summed E-state index contributed by atoms with van der Waals surface area (Å²) in [5, 5.41) is 9.36. The van der Waals surface area contributed by atoms with Crippen molar-refractivity contribution in [3.05, 3.63) is 47.0 Å². The Balaban J connectivity index is 2.11. The van der Waals surface area contributed by atoms with E-state index in [0.29, 0.717) is 22.3 Å². The maximum Gasteiger partial charge on any atom is 0.307 e. The fourth-order valence-electron chi connectivity index (χ4n) is 1.65. The number of ether oxygens (including phenoxy) is 1. The Labute approximate surface area is 115 Å². The number of hydrogen-bond acceptors (Lipinski definition) is 3. The minimum Gasteiger partial charge on any atom is -0.485 e. The number of aliphatic carboxylic acids is 1. The predicted octanol–water partition coefficient (Wildman–Crippen LogP) is 2.28. The number of carboxylic acid groups (broad SMARTS) is 1. The SMILES string of the molecule is Cn1c(Cl)cnc1COc1ccccc1CC(=O)O. The van der Waals surface area contributed by atoms with Gasteiger partial charge in [0.05, 0.1) is 12.6 Å². The van der Waals surface area contributed by atoms with Crippen molar-refractivity contribution in [1.82, 2.24) is 9.55 Å². The van der Waals surface area contributed by atoms with E-state index in [4.69, 9.17) is 21.4 Å². The standard InChI is InChI=1S/C13H13ClN2O3/c1-16-11(14)7-15-12(16)8-19-10-5-3-2-4-9(10)6-13(17)18/h2-5,7H,6,8H2,1H3,(H,17,18). The van der Waals surface area contributed by atoms with Gasteiger partial charge in [0.2, 0.25) is 0 Å². The number of nitrogens with zero attached hydrogens (tertiary/aromatic N) is 2. The molecule has 0 atom stereocenters. The molecule has 19 heavy (non-hydrogen) atoms. The van der Waals surface area contributed by atoms with E-state index in [1.165, 1.54) is 0 Å². The van der Waals surface area contributed by atoms with Gasteiger partial charge in [-0.1, -0.05) is 29.8 Å². The predicted molar refractivity (Wildman–Crippen MR) is 70.3 cm³/mol. The Hall–Kier alpha value is -2.01. The van der Waals surface area contributed by atoms with Crippen LogP contribution in [0, 0.1) is 0 Å². The van der Waals surface area contributed by atoms with E-state index in [2.05, 4.69) is 4.98 Å². The lowest BCUT2D eigenvalue weighted by Gasteiger charge is -2.10. The first kappa shape index (κ1) is 13.4. The van der Waals surface area contributed by atoms with Crippen molar-refractivity contribution < 1.29 is 14.6 Å². The van der Waals surface area contributed by atoms with Crippen LogP contribution in [0.15, 0.2) is 30.5 Å². The average molecular weight is 281 g/mol. The van der Waals surface area contributed by atoms with Crippen molar-refractivity contribution in [2.75, 3.05) is 0 Å². The number of hydrogen-bond donors (Lipinski definition) is 1. The van der Waals surface area contributed by atoms with Gasteiger partial charge >= 0.3 is 5.97 Å². The Kier molecular flexibility index (Phi) is 4.06. The van der Waals surface area contributed by atoms with Crippen LogP contribution >= 0.6 is 11.6 Å². The topological polar surface area (TPSA) is 64.4 Å². The largest absolute Gasteiger partial charge is 0.485 e. The van der Waals surface area contributed by atoms with E-state index in [0.717, 1.165) is 0 Å². The molecule has 5 nitrogen and oxygen atoms in total. The molecule has 2 rings (SSSR count). The molecule has 6 heteroatoms. The summed E-state index contributed by atoms with van der Waals surface area (Å²) in [7, 11) is 1.79. The van der Waals surface area contributed by atoms with Gasteiger partial charge in [0, 0.05) is 12.6 Å². The minimum atomic E-state index is -0.893. The Morgan fingerprint density at radius 3 is 2.84 bits per heavy atom. The molecule has 1 aromatic heterocycles. The normalized spacial score (nSPS) is 10.4. The number of benzene rings is 1. The van der Waals surface area contributed by atoms with Crippen LogP contribution in [-0.2, 0) is 24.9 Å². The van der Waals surface area contributed by atoms with Gasteiger partial charge in [-0.05, 0) is 6.07 Å². The molecule has 1 N–H and O–H groups in total. The molecule has 0 fully saturated rings. The quantitative estimate of drug-likeness (QED) is 0.912. The van der Waals surface area contributed by atoms with Crippen molar-refractivity contribution in [1.29, 1.82) is 0 Å². The number of carboxylic acids is 1. The summed E-state index contributed by atoms with van der Waals surface area (Å²) in [5.74, 6) is 0.329. The van der Waals surface area contributed by atoms with E-state index in [-0.39, 0.29) is 13.0 Å². The summed E-state index contributed by atoms with van der Waals surface area (Å²) in [6.07, 6.45) is 1.47. The number of para-hydroxylation sites is 1. The highest BCUT2D eigenvalue weighted by molar-refractivity contribution is 6.29. The number of carbonyl (C=O) groups is 1. The lowest BCUT2D eigenvalue weighted by Crippen LogP contribution is -2.07. The van der Waals surface area contributed by atoms with E-state index in [1.807, 2.05) is 0 Å². The van der Waals surface area contributed by atoms with Crippen molar-refractivity contribution in [3.8, 4) is 5.75 Å². The highest BCUT2D eigenvalue weighted by Gasteiger charge is 2.09. The molecular weight excluding hydrogens is 268 g/mol. The third-order valence-electron chi connectivity index (χ3n) is 2.70. The summed E-state index contributed by atoms with van der Waals surface area (Å²) < 4.78 is 7.32. The maximum absolute atomic E-state index is 10.8. The lowest BCUT2D eigenvalue weighted by atomic mass is 10.1. The molecule has 0 aliphatic carbocycles. The zero-order valence-corrected chi connectivity index (χ0v) is 11.1. The molecule has 0 amide bonds. The van der Waals surface area contributed by atoms with E-state index in [1.54, 1.807) is 42.1 Å². The highest BCUT2D eigenvalue weighted by Crippen LogP contribution is 2.20. The second kappa shape index (κ2) is 5.75. The van der Waals surface area contributed by atoms with Crippen LogP contribution in [-0.4, -0.2) is 20.6 Å². The molecule has 1 heterocycles. The van der Waals surface area contributed by atoms with Crippen LogP contribution in [0.4, 0.5) is 0 Å². The zero-order valence-electron chi connectivity index (χ0n) is 10.3. The monoisotopic (exact) mass is 280 g/mol. The van der Waals surface area contributed by atoms with Crippen LogP contribution in [0.2, 0.25) is 5.15 Å². The molecule has 0 spiro atoms. The first-order valence-corrected chi connectivity index (χ1v) is 6.04. The number of imidazole rings is 1. The van der Waals surface area contributed by atoms with Gasteiger partial charge in [-0.3, -0.25) is 4.79 Å². The molecule has 0 bridgehead atoms. The minimum absolute atomic E-state index is 0.0719. The maximum atomic E-state index is 10.8.